The molecule has 0 radical (unpaired) electrons. The van der Waals surface area contributed by atoms with Gasteiger partial charge in [-0.25, -0.2) is 13.1 Å². The third kappa shape index (κ3) is 6.35. The minimum absolute atomic E-state index is 0.0464. The number of nitriles is 1. The summed E-state index contributed by atoms with van der Waals surface area (Å²) >= 11 is 5.99. The van der Waals surface area contributed by atoms with Gasteiger partial charge < -0.3 is 0 Å². The van der Waals surface area contributed by atoms with Crippen LogP contribution in [-0.2, 0) is 10.0 Å². The zero-order valence-electron chi connectivity index (χ0n) is 15.7. The minimum Gasteiger partial charge on any atom is -0.215 e. The SMILES string of the molecule is CCCCS(=O)(=O)NCC(c1cccc(C#N)c1)C(C)c1ccc(Cl)cc1. The van der Waals surface area contributed by atoms with Gasteiger partial charge in [0.15, 0.2) is 0 Å². The van der Waals surface area contributed by atoms with Gasteiger partial charge in [0.25, 0.3) is 0 Å². The average molecular weight is 405 g/mol. The van der Waals surface area contributed by atoms with Crippen LogP contribution in [0.5, 0.6) is 0 Å². The van der Waals surface area contributed by atoms with Crippen molar-refractivity contribution in [1.82, 2.24) is 4.72 Å². The summed E-state index contributed by atoms with van der Waals surface area (Å²) in [5, 5.41) is 9.87. The van der Waals surface area contributed by atoms with Crippen LogP contribution in [0.2, 0.25) is 5.02 Å². The summed E-state index contributed by atoms with van der Waals surface area (Å²) in [6, 6.07) is 17.1. The van der Waals surface area contributed by atoms with E-state index in [9.17, 15) is 13.7 Å². The summed E-state index contributed by atoms with van der Waals surface area (Å²) in [6.07, 6.45) is 1.46. The smallest absolute Gasteiger partial charge is 0.211 e. The van der Waals surface area contributed by atoms with Crippen LogP contribution in [0, 0.1) is 11.3 Å². The molecule has 0 bridgehead atoms. The van der Waals surface area contributed by atoms with E-state index in [1.807, 2.05) is 49.4 Å². The number of hydrogen-bond acceptors (Lipinski definition) is 3. The number of hydrogen-bond donors (Lipinski definition) is 1. The molecular weight excluding hydrogens is 380 g/mol. The first-order valence-electron chi connectivity index (χ1n) is 9.09. The maximum atomic E-state index is 12.3. The Morgan fingerprint density at radius 1 is 1.15 bits per heavy atom. The van der Waals surface area contributed by atoms with Crippen molar-refractivity contribution < 1.29 is 8.42 Å². The van der Waals surface area contributed by atoms with Crippen LogP contribution in [0.3, 0.4) is 0 Å². The monoisotopic (exact) mass is 404 g/mol. The van der Waals surface area contributed by atoms with Crippen LogP contribution in [0.25, 0.3) is 0 Å². The predicted molar refractivity (Wildman–Crippen MR) is 110 cm³/mol. The molecule has 0 aromatic heterocycles. The Labute approximate surface area is 167 Å². The van der Waals surface area contributed by atoms with Crippen LogP contribution >= 0.6 is 11.6 Å². The van der Waals surface area contributed by atoms with Gasteiger partial charge in [-0.15, -0.1) is 0 Å². The molecule has 2 aromatic rings. The molecule has 0 spiro atoms. The molecule has 1 N–H and O–H groups in total. The van der Waals surface area contributed by atoms with Gasteiger partial charge >= 0.3 is 0 Å². The van der Waals surface area contributed by atoms with E-state index in [-0.39, 0.29) is 24.1 Å². The summed E-state index contributed by atoms with van der Waals surface area (Å²) in [4.78, 5) is 0. The summed E-state index contributed by atoms with van der Waals surface area (Å²) in [6.45, 7) is 4.31. The summed E-state index contributed by atoms with van der Waals surface area (Å²) in [5.41, 5.74) is 2.57. The number of nitrogens with zero attached hydrogens (tertiary/aromatic N) is 1. The lowest BCUT2D eigenvalue weighted by Gasteiger charge is -2.25. The Balaban J connectivity index is 2.30. The molecule has 4 nitrogen and oxygen atoms in total. The number of benzene rings is 2. The van der Waals surface area contributed by atoms with Crippen molar-refractivity contribution in [2.24, 2.45) is 0 Å². The van der Waals surface area contributed by atoms with Crippen molar-refractivity contribution in [2.45, 2.75) is 38.5 Å². The number of halogens is 1. The van der Waals surface area contributed by atoms with Gasteiger partial charge in [-0.2, -0.15) is 5.26 Å². The fourth-order valence-corrected chi connectivity index (χ4v) is 4.42. The maximum absolute atomic E-state index is 12.3. The molecule has 0 aliphatic heterocycles. The second-order valence-electron chi connectivity index (χ2n) is 6.70. The highest BCUT2D eigenvalue weighted by Gasteiger charge is 2.23. The van der Waals surface area contributed by atoms with Crippen molar-refractivity contribution in [3.8, 4) is 6.07 Å². The van der Waals surface area contributed by atoms with Gasteiger partial charge in [0.1, 0.15) is 0 Å². The lowest BCUT2D eigenvalue weighted by molar-refractivity contribution is 0.538. The Hall–Kier alpha value is -1.87. The molecule has 0 saturated heterocycles. The first-order chi connectivity index (χ1) is 12.9. The second kappa shape index (κ2) is 9.89. The molecule has 0 heterocycles. The first-order valence-corrected chi connectivity index (χ1v) is 11.1. The molecule has 2 aromatic carbocycles. The van der Waals surface area contributed by atoms with Crippen molar-refractivity contribution in [2.75, 3.05) is 12.3 Å². The Bertz CT molecular complexity index is 889. The van der Waals surface area contributed by atoms with Gasteiger partial charge in [-0.3, -0.25) is 0 Å². The van der Waals surface area contributed by atoms with Gasteiger partial charge in [-0.05, 0) is 47.7 Å². The zero-order valence-corrected chi connectivity index (χ0v) is 17.2. The molecule has 2 atom stereocenters. The molecular formula is C21H25ClN2O2S. The lowest BCUT2D eigenvalue weighted by Crippen LogP contribution is -2.32. The first kappa shape index (κ1) is 21.4. The van der Waals surface area contributed by atoms with E-state index in [1.165, 1.54) is 0 Å². The Kier molecular flexibility index (Phi) is 7.85. The summed E-state index contributed by atoms with van der Waals surface area (Å²) < 4.78 is 27.3. The molecule has 0 amide bonds. The molecule has 144 valence electrons. The maximum Gasteiger partial charge on any atom is 0.211 e. The van der Waals surface area contributed by atoms with E-state index in [1.54, 1.807) is 6.07 Å². The van der Waals surface area contributed by atoms with Gasteiger partial charge in [0.2, 0.25) is 10.0 Å². The van der Waals surface area contributed by atoms with E-state index in [0.717, 1.165) is 17.5 Å². The largest absolute Gasteiger partial charge is 0.215 e. The fraction of sp³-hybridized carbons (Fsp3) is 0.381. The van der Waals surface area contributed by atoms with Gasteiger partial charge in [0.05, 0.1) is 17.4 Å². The third-order valence-corrected chi connectivity index (χ3v) is 6.42. The highest BCUT2D eigenvalue weighted by Crippen LogP contribution is 2.33. The molecule has 0 aliphatic carbocycles. The second-order valence-corrected chi connectivity index (χ2v) is 9.07. The van der Waals surface area contributed by atoms with E-state index in [2.05, 4.69) is 17.7 Å². The summed E-state index contributed by atoms with van der Waals surface area (Å²) in [7, 11) is -3.32. The van der Waals surface area contributed by atoms with Crippen LogP contribution in [0.4, 0.5) is 0 Å². The number of sulfonamides is 1. The highest BCUT2D eigenvalue weighted by atomic mass is 35.5. The standard InChI is InChI=1S/C21H25ClN2O2S/c1-3-4-12-27(25,26)24-15-21(19-7-5-6-17(13-19)14-23)16(2)18-8-10-20(22)11-9-18/h5-11,13,16,21,24H,3-4,12,15H2,1-2H3. The number of rotatable bonds is 9. The fourth-order valence-electron chi connectivity index (χ4n) is 3.04. The van der Waals surface area contributed by atoms with Crippen LogP contribution in [0.15, 0.2) is 48.5 Å². The van der Waals surface area contributed by atoms with Crippen molar-refractivity contribution in [3.63, 3.8) is 0 Å². The highest BCUT2D eigenvalue weighted by molar-refractivity contribution is 7.89. The normalized spacial score (nSPS) is 13.7. The topological polar surface area (TPSA) is 70.0 Å². The van der Waals surface area contributed by atoms with Crippen LogP contribution < -0.4 is 4.72 Å². The van der Waals surface area contributed by atoms with Crippen LogP contribution in [0.1, 0.15) is 55.2 Å². The molecule has 27 heavy (non-hydrogen) atoms. The molecule has 0 saturated carbocycles. The Morgan fingerprint density at radius 3 is 2.48 bits per heavy atom. The molecule has 2 rings (SSSR count). The van der Waals surface area contributed by atoms with Gasteiger partial charge in [-0.1, -0.05) is 56.1 Å². The van der Waals surface area contributed by atoms with E-state index in [0.29, 0.717) is 17.0 Å². The molecule has 2 unspecified atom stereocenters. The third-order valence-electron chi connectivity index (χ3n) is 4.73. The molecule has 0 fully saturated rings. The number of nitrogens with one attached hydrogen (secondary N) is 1. The lowest BCUT2D eigenvalue weighted by atomic mass is 9.82. The summed E-state index contributed by atoms with van der Waals surface area (Å²) in [5.74, 6) is 0.0741. The van der Waals surface area contributed by atoms with E-state index in [4.69, 9.17) is 11.6 Å². The predicted octanol–water partition coefficient (Wildman–Crippen LogP) is 4.82. The average Bonchev–Trinajstić information content (AvgIpc) is 2.67. The van der Waals surface area contributed by atoms with E-state index < -0.39 is 10.0 Å². The quantitative estimate of drug-likeness (QED) is 0.651. The molecule has 6 heteroatoms. The number of unbranched alkanes of at least 4 members (excludes halogenated alkanes) is 1. The zero-order chi connectivity index (χ0) is 19.9. The Morgan fingerprint density at radius 2 is 1.85 bits per heavy atom. The van der Waals surface area contributed by atoms with Crippen molar-refractivity contribution >= 4 is 21.6 Å². The van der Waals surface area contributed by atoms with Gasteiger partial charge in [0, 0.05) is 17.5 Å². The minimum atomic E-state index is -3.32. The van der Waals surface area contributed by atoms with Crippen LogP contribution in [-0.4, -0.2) is 20.7 Å². The van der Waals surface area contributed by atoms with Crippen molar-refractivity contribution in [1.29, 1.82) is 5.26 Å². The molecule has 0 aliphatic rings. The van der Waals surface area contributed by atoms with E-state index >= 15 is 0 Å². The van der Waals surface area contributed by atoms with Crippen molar-refractivity contribution in [3.05, 3.63) is 70.2 Å².